The molecule has 0 aliphatic carbocycles. The number of carbonyl (C=O) groups is 2. The lowest BCUT2D eigenvalue weighted by Crippen LogP contribution is -2.32. The molecule has 4 rings (SSSR count). The zero-order valence-electron chi connectivity index (χ0n) is 15.6. The molecule has 3 aromatic rings. The van der Waals surface area contributed by atoms with Gasteiger partial charge < -0.3 is 5.11 Å². The van der Waals surface area contributed by atoms with Crippen molar-refractivity contribution in [2.24, 2.45) is 0 Å². The second kappa shape index (κ2) is 8.18. The fraction of sp³-hybridized carbons (Fsp3) is 0.238. The van der Waals surface area contributed by atoms with Gasteiger partial charge in [-0.15, -0.1) is 0 Å². The Kier molecular flexibility index (Phi) is 5.46. The Morgan fingerprint density at radius 2 is 1.55 bits per heavy atom. The van der Waals surface area contributed by atoms with Crippen LogP contribution < -0.4 is 5.56 Å². The summed E-state index contributed by atoms with van der Waals surface area (Å²) >= 11 is 1.32. The van der Waals surface area contributed by atoms with Gasteiger partial charge in [-0.25, -0.2) is 4.98 Å². The molecule has 0 saturated heterocycles. The van der Waals surface area contributed by atoms with E-state index < -0.39 is 0 Å². The highest BCUT2D eigenvalue weighted by Gasteiger charge is 2.34. The monoisotopic (exact) mass is 409 g/mol. The molecule has 1 aromatic heterocycles. The number of fused-ring (bicyclic) bond motifs is 2. The van der Waals surface area contributed by atoms with Gasteiger partial charge in [0.05, 0.1) is 22.0 Å². The first kappa shape index (κ1) is 19.4. The fourth-order valence-electron chi connectivity index (χ4n) is 3.35. The third kappa shape index (κ3) is 3.56. The molecule has 0 bridgehead atoms. The number of imide groups is 1. The SMILES string of the molecule is O=C1c2ccccc2C(=O)N1CCSc1nc2ccccc2c(=O)n1CCCO. The Morgan fingerprint density at radius 1 is 0.897 bits per heavy atom. The van der Waals surface area contributed by atoms with E-state index in [1.807, 2.05) is 6.07 Å². The van der Waals surface area contributed by atoms with Crippen molar-refractivity contribution in [3.05, 3.63) is 70.0 Å². The predicted octanol–water partition coefficient (Wildman–Crippen LogP) is 2.17. The third-order valence-electron chi connectivity index (χ3n) is 4.79. The van der Waals surface area contributed by atoms with Crippen molar-refractivity contribution in [2.75, 3.05) is 18.9 Å². The van der Waals surface area contributed by atoms with Gasteiger partial charge in [-0.3, -0.25) is 23.9 Å². The minimum Gasteiger partial charge on any atom is -0.396 e. The smallest absolute Gasteiger partial charge is 0.262 e. The molecular weight excluding hydrogens is 390 g/mol. The Labute approximate surface area is 171 Å². The number of thioether (sulfide) groups is 1. The van der Waals surface area contributed by atoms with Gasteiger partial charge in [-0.2, -0.15) is 0 Å². The summed E-state index contributed by atoms with van der Waals surface area (Å²) in [6, 6.07) is 13.9. The summed E-state index contributed by atoms with van der Waals surface area (Å²) in [5.74, 6) is -0.180. The maximum atomic E-state index is 12.8. The lowest BCUT2D eigenvalue weighted by atomic mass is 10.1. The summed E-state index contributed by atoms with van der Waals surface area (Å²) in [6.45, 7) is 0.542. The van der Waals surface area contributed by atoms with E-state index in [0.717, 1.165) is 0 Å². The summed E-state index contributed by atoms with van der Waals surface area (Å²) in [5, 5.41) is 10.2. The number of hydrogen-bond donors (Lipinski definition) is 1. The van der Waals surface area contributed by atoms with Gasteiger partial charge >= 0.3 is 0 Å². The molecule has 1 aliphatic rings. The van der Waals surface area contributed by atoms with Gasteiger partial charge in [-0.1, -0.05) is 36.0 Å². The first-order valence-electron chi connectivity index (χ1n) is 9.30. The zero-order chi connectivity index (χ0) is 20.4. The molecule has 2 aromatic carbocycles. The Hall–Kier alpha value is -2.97. The molecule has 0 fully saturated rings. The molecule has 2 amide bonds. The van der Waals surface area contributed by atoms with E-state index in [4.69, 9.17) is 5.11 Å². The number of benzene rings is 2. The molecule has 7 nitrogen and oxygen atoms in total. The van der Waals surface area contributed by atoms with Gasteiger partial charge in [0.1, 0.15) is 0 Å². The van der Waals surface area contributed by atoms with Crippen LogP contribution in [0.5, 0.6) is 0 Å². The summed E-state index contributed by atoms with van der Waals surface area (Å²) in [6.07, 6.45) is 0.436. The van der Waals surface area contributed by atoms with E-state index in [1.165, 1.54) is 16.7 Å². The molecule has 0 saturated carbocycles. The van der Waals surface area contributed by atoms with E-state index in [1.54, 1.807) is 47.0 Å². The highest BCUT2D eigenvalue weighted by atomic mass is 32.2. The van der Waals surface area contributed by atoms with Crippen LogP contribution in [0, 0.1) is 0 Å². The maximum Gasteiger partial charge on any atom is 0.262 e. The van der Waals surface area contributed by atoms with Crippen molar-refractivity contribution in [3.63, 3.8) is 0 Å². The van der Waals surface area contributed by atoms with Crippen molar-refractivity contribution in [2.45, 2.75) is 18.1 Å². The summed E-state index contributed by atoms with van der Waals surface area (Å²) in [5.41, 5.74) is 1.28. The van der Waals surface area contributed by atoms with Crippen molar-refractivity contribution in [1.82, 2.24) is 14.5 Å². The first-order valence-corrected chi connectivity index (χ1v) is 10.3. The highest BCUT2D eigenvalue weighted by Crippen LogP contribution is 2.24. The summed E-state index contributed by atoms with van der Waals surface area (Å²) in [7, 11) is 0. The Bertz CT molecular complexity index is 1120. The maximum absolute atomic E-state index is 12.8. The van der Waals surface area contributed by atoms with Gasteiger partial charge in [0.2, 0.25) is 0 Å². The summed E-state index contributed by atoms with van der Waals surface area (Å²) < 4.78 is 1.55. The van der Waals surface area contributed by atoms with Gasteiger partial charge in [0.25, 0.3) is 17.4 Å². The van der Waals surface area contributed by atoms with Gasteiger partial charge in [-0.05, 0) is 30.7 Å². The van der Waals surface area contributed by atoms with E-state index >= 15 is 0 Å². The molecular formula is C21H19N3O4S. The number of carbonyl (C=O) groups excluding carboxylic acids is 2. The molecule has 29 heavy (non-hydrogen) atoms. The number of para-hydroxylation sites is 1. The number of amides is 2. The van der Waals surface area contributed by atoms with E-state index in [2.05, 4.69) is 4.98 Å². The van der Waals surface area contributed by atoms with Crippen LogP contribution in [0.3, 0.4) is 0 Å². The first-order chi connectivity index (χ1) is 14.1. The second-order valence-corrected chi connectivity index (χ2v) is 7.66. The van der Waals surface area contributed by atoms with Crippen molar-refractivity contribution < 1.29 is 14.7 Å². The van der Waals surface area contributed by atoms with Crippen molar-refractivity contribution in [3.8, 4) is 0 Å². The van der Waals surface area contributed by atoms with Crippen LogP contribution in [0.25, 0.3) is 10.9 Å². The van der Waals surface area contributed by atoms with Crippen LogP contribution in [0.4, 0.5) is 0 Å². The molecule has 0 spiro atoms. The number of rotatable bonds is 7. The standard InChI is InChI=1S/C21H19N3O4S/c25-12-5-10-24-20(28)16-8-3-4-9-17(16)22-21(24)29-13-11-23-18(26)14-6-1-2-7-15(14)19(23)27/h1-4,6-9,25H,5,10-13H2. The average Bonchev–Trinajstić information content (AvgIpc) is 2.98. The number of aromatic nitrogens is 2. The molecule has 0 radical (unpaired) electrons. The number of aliphatic hydroxyl groups is 1. The molecule has 1 N–H and O–H groups in total. The largest absolute Gasteiger partial charge is 0.396 e. The quantitative estimate of drug-likeness (QED) is 0.365. The molecule has 8 heteroatoms. The molecule has 0 atom stereocenters. The van der Waals surface area contributed by atoms with E-state index in [9.17, 15) is 14.4 Å². The van der Waals surface area contributed by atoms with Crippen LogP contribution in [0.2, 0.25) is 0 Å². The summed E-state index contributed by atoms with van der Waals surface area (Å²) in [4.78, 5) is 43.6. The van der Waals surface area contributed by atoms with Crippen LogP contribution in [0.15, 0.2) is 58.5 Å². The number of hydrogen-bond acceptors (Lipinski definition) is 6. The minimum atomic E-state index is -0.296. The highest BCUT2D eigenvalue weighted by molar-refractivity contribution is 7.99. The number of aliphatic hydroxyl groups excluding tert-OH is 1. The topological polar surface area (TPSA) is 92.5 Å². The van der Waals surface area contributed by atoms with Crippen LogP contribution in [0.1, 0.15) is 27.1 Å². The second-order valence-electron chi connectivity index (χ2n) is 6.60. The van der Waals surface area contributed by atoms with E-state index in [0.29, 0.717) is 45.9 Å². The number of nitrogens with zero attached hydrogens (tertiary/aromatic N) is 3. The van der Waals surface area contributed by atoms with Crippen molar-refractivity contribution in [1.29, 1.82) is 0 Å². The van der Waals surface area contributed by atoms with Crippen LogP contribution in [-0.4, -0.2) is 50.3 Å². The van der Waals surface area contributed by atoms with Gasteiger partial charge in [0.15, 0.2) is 5.16 Å². The molecule has 0 unspecified atom stereocenters. The molecule has 2 heterocycles. The third-order valence-corrected chi connectivity index (χ3v) is 5.75. The predicted molar refractivity (Wildman–Crippen MR) is 110 cm³/mol. The van der Waals surface area contributed by atoms with Crippen molar-refractivity contribution >= 4 is 34.5 Å². The minimum absolute atomic E-state index is 0.0294. The Morgan fingerprint density at radius 3 is 2.24 bits per heavy atom. The Balaban J connectivity index is 1.55. The van der Waals surface area contributed by atoms with E-state index in [-0.39, 0.29) is 30.5 Å². The van der Waals surface area contributed by atoms with Gasteiger partial charge in [0, 0.05) is 25.4 Å². The molecule has 148 valence electrons. The molecule has 1 aliphatic heterocycles. The average molecular weight is 409 g/mol. The fourth-order valence-corrected chi connectivity index (χ4v) is 4.30. The lowest BCUT2D eigenvalue weighted by molar-refractivity contribution is 0.0664. The lowest BCUT2D eigenvalue weighted by Gasteiger charge is -2.15. The van der Waals surface area contributed by atoms with Crippen LogP contribution >= 0.6 is 11.8 Å². The van der Waals surface area contributed by atoms with Crippen LogP contribution in [-0.2, 0) is 6.54 Å². The normalized spacial score (nSPS) is 13.3. The zero-order valence-corrected chi connectivity index (χ0v) is 16.4.